The molecule has 1 aromatic heterocycles. The predicted octanol–water partition coefficient (Wildman–Crippen LogP) is 3.78. The molecule has 13 heteroatoms. The van der Waals surface area contributed by atoms with Crippen molar-refractivity contribution in [1.29, 1.82) is 0 Å². The Morgan fingerprint density at radius 3 is 2.05 bits per heavy atom. The van der Waals surface area contributed by atoms with Crippen LogP contribution >= 0.6 is 0 Å². The van der Waals surface area contributed by atoms with Crippen molar-refractivity contribution >= 4 is 26.8 Å². The smallest absolute Gasteiger partial charge is 0.332 e. The summed E-state index contributed by atoms with van der Waals surface area (Å²) in [5.74, 6) is 0. The van der Waals surface area contributed by atoms with E-state index in [0.29, 0.717) is 5.56 Å². The third kappa shape index (κ3) is 5.47. The van der Waals surface area contributed by atoms with E-state index in [9.17, 15) is 18.0 Å². The van der Waals surface area contributed by atoms with E-state index in [1.807, 2.05) is 13.1 Å². The second kappa shape index (κ2) is 9.63. The number of rotatable bonds is 6. The molecule has 0 aromatic carbocycles. The van der Waals surface area contributed by atoms with E-state index in [1.165, 1.54) is 23.9 Å². The zero-order chi connectivity index (χ0) is 29.3. The third-order valence-corrected chi connectivity index (χ3v) is 18.6. The molecule has 38 heavy (non-hydrogen) atoms. The van der Waals surface area contributed by atoms with Crippen LogP contribution in [0.5, 0.6) is 0 Å². The average Bonchev–Trinajstić information content (AvgIpc) is 3.22. The minimum absolute atomic E-state index is 0.0453. The van der Waals surface area contributed by atoms with Crippen LogP contribution in [0.15, 0.2) is 27.3 Å². The Balaban J connectivity index is 2.22. The topological polar surface area (TPSA) is 115 Å². The molecule has 0 N–H and O–H groups in total. The molecular formula is C25H44N2O8SSi2. The van der Waals surface area contributed by atoms with Crippen LogP contribution < -0.4 is 11.2 Å². The Morgan fingerprint density at radius 2 is 1.58 bits per heavy atom. The lowest BCUT2D eigenvalue weighted by Crippen LogP contribution is -2.56. The van der Waals surface area contributed by atoms with E-state index in [4.69, 9.17) is 17.8 Å². The van der Waals surface area contributed by atoms with Crippen molar-refractivity contribution in [3.8, 4) is 0 Å². The van der Waals surface area contributed by atoms with E-state index in [-0.39, 0.29) is 16.7 Å². The fraction of sp³-hybridized carbons (Fsp3) is 0.760. The highest BCUT2D eigenvalue weighted by Crippen LogP contribution is 2.50. The van der Waals surface area contributed by atoms with Crippen molar-refractivity contribution in [1.82, 2.24) is 9.13 Å². The van der Waals surface area contributed by atoms with Gasteiger partial charge in [0.1, 0.15) is 12.2 Å². The number of aromatic nitrogens is 2. The number of aryl methyl sites for hydroxylation is 1. The summed E-state index contributed by atoms with van der Waals surface area (Å²) in [6.07, 6.45) is -0.0448. The first kappa shape index (κ1) is 31.2. The molecule has 0 unspecified atom stereocenters. The van der Waals surface area contributed by atoms with Gasteiger partial charge in [0.25, 0.3) is 15.7 Å². The number of ether oxygens (including phenoxy) is 1. The quantitative estimate of drug-likeness (QED) is 0.364. The molecule has 1 saturated heterocycles. The van der Waals surface area contributed by atoms with E-state index >= 15 is 0 Å². The third-order valence-electron chi connectivity index (χ3n) is 8.65. The minimum atomic E-state index is -4.03. The molecule has 2 aliphatic heterocycles. The lowest BCUT2D eigenvalue weighted by Gasteiger charge is -2.43. The molecule has 0 radical (unpaired) electrons. The molecule has 216 valence electrons. The summed E-state index contributed by atoms with van der Waals surface area (Å²) < 4.78 is 53.3. The van der Waals surface area contributed by atoms with Crippen LogP contribution in [-0.4, -0.2) is 58.6 Å². The number of hydrogen-bond donors (Lipinski definition) is 0. The van der Waals surface area contributed by atoms with Crippen molar-refractivity contribution < 1.29 is 26.2 Å². The van der Waals surface area contributed by atoms with Gasteiger partial charge in [-0.1, -0.05) is 41.5 Å². The largest absolute Gasteiger partial charge is 0.414 e. The summed E-state index contributed by atoms with van der Waals surface area (Å²) in [6, 6.07) is 0. The summed E-state index contributed by atoms with van der Waals surface area (Å²) in [6.45, 7) is 22.5. The van der Waals surface area contributed by atoms with Gasteiger partial charge in [-0.2, -0.15) is 8.42 Å². The van der Waals surface area contributed by atoms with Crippen LogP contribution in [0.1, 0.15) is 53.3 Å². The summed E-state index contributed by atoms with van der Waals surface area (Å²) >= 11 is 0. The Kier molecular flexibility index (Phi) is 7.90. The zero-order valence-electron chi connectivity index (χ0n) is 24.7. The monoisotopic (exact) mass is 588 g/mol. The van der Waals surface area contributed by atoms with Gasteiger partial charge in [-0.3, -0.25) is 18.1 Å². The molecule has 10 nitrogen and oxygen atoms in total. The Hall–Kier alpha value is -1.36. The van der Waals surface area contributed by atoms with Crippen LogP contribution in [0.4, 0.5) is 0 Å². The van der Waals surface area contributed by atoms with Crippen LogP contribution in [0.2, 0.25) is 36.3 Å². The summed E-state index contributed by atoms with van der Waals surface area (Å²) in [5, 5.41) is 0.689. The molecule has 2 aliphatic rings. The van der Waals surface area contributed by atoms with Gasteiger partial charge in [0, 0.05) is 18.8 Å². The van der Waals surface area contributed by atoms with Crippen LogP contribution in [0.3, 0.4) is 0 Å². The first-order valence-corrected chi connectivity index (χ1v) is 20.2. The van der Waals surface area contributed by atoms with Crippen molar-refractivity contribution in [2.24, 2.45) is 7.05 Å². The maximum absolute atomic E-state index is 13.3. The maximum atomic E-state index is 13.3. The lowest BCUT2D eigenvalue weighted by atomic mass is 9.92. The molecule has 0 amide bonds. The van der Waals surface area contributed by atoms with Gasteiger partial charge in [0.05, 0.1) is 12.0 Å². The molecule has 1 fully saturated rings. The number of nitrogens with zero attached hydrogens (tertiary/aromatic N) is 2. The fourth-order valence-corrected chi connectivity index (χ4v) is 7.44. The number of hydrogen-bond acceptors (Lipinski definition) is 8. The molecule has 0 saturated carbocycles. The second-order valence-corrected chi connectivity index (χ2v) is 24.5. The molecule has 3 heterocycles. The molecule has 0 bridgehead atoms. The Morgan fingerprint density at radius 1 is 1.03 bits per heavy atom. The first-order chi connectivity index (χ1) is 17.0. The predicted molar refractivity (Wildman–Crippen MR) is 152 cm³/mol. The highest BCUT2D eigenvalue weighted by molar-refractivity contribution is 7.90. The summed E-state index contributed by atoms with van der Waals surface area (Å²) in [7, 11) is -7.46. The van der Waals surface area contributed by atoms with Crippen LogP contribution in [0.25, 0.3) is 0 Å². The zero-order valence-corrected chi connectivity index (χ0v) is 27.6. The van der Waals surface area contributed by atoms with Crippen molar-refractivity contribution in [3.05, 3.63) is 44.1 Å². The molecule has 0 aliphatic carbocycles. The lowest BCUT2D eigenvalue weighted by molar-refractivity contribution is -0.0551. The van der Waals surface area contributed by atoms with Gasteiger partial charge in [0.15, 0.2) is 28.5 Å². The minimum Gasteiger partial charge on any atom is -0.414 e. The molecule has 1 aromatic rings. The van der Waals surface area contributed by atoms with E-state index in [0.717, 1.165) is 9.98 Å². The van der Waals surface area contributed by atoms with Gasteiger partial charge in [0.2, 0.25) is 0 Å². The Labute approximate surface area is 228 Å². The standard InChI is InChI=1S/C25H44N2O8SSi2/c1-17-15-27(22(29)26(8)20(17)28)21-19(34-38(11,12)24(5,6)7)25(13-14-36(30,31)35-25)18(33-21)16-32-37(9,10)23(2,3)4/h13-15,18-19,21H,16H2,1-12H3/t18-,19+,21-,25-/m1/s1. The van der Waals surface area contributed by atoms with Gasteiger partial charge in [-0.05, 0) is 49.3 Å². The second-order valence-electron chi connectivity index (χ2n) is 13.5. The van der Waals surface area contributed by atoms with Gasteiger partial charge in [-0.15, -0.1) is 0 Å². The van der Waals surface area contributed by atoms with Gasteiger partial charge >= 0.3 is 5.69 Å². The SMILES string of the molecule is Cc1cn([C@@H]2O[C@H](CO[Si](C)(C)C(C)(C)C)[C@]3(C=CS(=O)(=O)O3)[C@H]2O[Si](C)(C)C(C)(C)C)c(=O)n(C)c1=O. The molecule has 1 spiro atoms. The van der Waals surface area contributed by atoms with Gasteiger partial charge < -0.3 is 13.6 Å². The highest BCUT2D eigenvalue weighted by Gasteiger charge is 2.64. The van der Waals surface area contributed by atoms with Gasteiger partial charge in [-0.25, -0.2) is 4.79 Å². The maximum Gasteiger partial charge on any atom is 0.332 e. The summed E-state index contributed by atoms with van der Waals surface area (Å²) in [4.78, 5) is 25.8. The molecule has 3 rings (SSSR count). The average molecular weight is 589 g/mol. The molecular weight excluding hydrogens is 545 g/mol. The highest BCUT2D eigenvalue weighted by atomic mass is 32.2. The van der Waals surface area contributed by atoms with E-state index in [1.54, 1.807) is 6.92 Å². The van der Waals surface area contributed by atoms with Crippen LogP contribution in [0, 0.1) is 6.92 Å². The summed E-state index contributed by atoms with van der Waals surface area (Å²) in [5.41, 5.74) is -2.23. The van der Waals surface area contributed by atoms with E-state index in [2.05, 4.69) is 54.6 Å². The Bertz CT molecular complexity index is 1330. The van der Waals surface area contributed by atoms with Crippen LogP contribution in [-0.2, 0) is 34.9 Å². The normalized spacial score (nSPS) is 27.9. The molecule has 4 atom stereocenters. The van der Waals surface area contributed by atoms with Crippen molar-refractivity contribution in [3.63, 3.8) is 0 Å². The van der Waals surface area contributed by atoms with Crippen molar-refractivity contribution in [2.75, 3.05) is 6.61 Å². The van der Waals surface area contributed by atoms with E-state index < -0.39 is 62.0 Å². The fourth-order valence-electron chi connectivity index (χ4n) is 4.05. The van der Waals surface area contributed by atoms with Crippen molar-refractivity contribution in [2.45, 2.75) is 109 Å². The first-order valence-electron chi connectivity index (χ1n) is 12.9.